The van der Waals surface area contributed by atoms with Crippen molar-refractivity contribution in [1.29, 1.82) is 0 Å². The van der Waals surface area contributed by atoms with Gasteiger partial charge in [0.2, 0.25) is 5.91 Å². The zero-order valence-electron chi connectivity index (χ0n) is 19.8. The van der Waals surface area contributed by atoms with Gasteiger partial charge in [0.1, 0.15) is 0 Å². The number of carbonyl (C=O) groups excluding carboxylic acids is 1. The minimum absolute atomic E-state index is 0.0904. The molecule has 1 atom stereocenters. The SMILES string of the molecule is O=C(NC1CCCCCC1)[C@H]1CCCN(c2nc3ccccc3n(Cc3ccccc3)c2=O)C1. The van der Waals surface area contributed by atoms with Crippen LogP contribution in [0.25, 0.3) is 11.0 Å². The molecule has 6 heteroatoms. The molecular formula is C28H34N4O2. The maximum absolute atomic E-state index is 13.7. The van der Waals surface area contributed by atoms with Crippen LogP contribution >= 0.6 is 0 Å². The molecule has 2 heterocycles. The molecule has 5 rings (SSSR count). The Morgan fingerprint density at radius 2 is 1.65 bits per heavy atom. The molecule has 34 heavy (non-hydrogen) atoms. The van der Waals surface area contributed by atoms with Crippen molar-refractivity contribution in [3.63, 3.8) is 0 Å². The quantitative estimate of drug-likeness (QED) is 0.572. The Morgan fingerprint density at radius 3 is 2.44 bits per heavy atom. The summed E-state index contributed by atoms with van der Waals surface area (Å²) in [7, 11) is 0. The lowest BCUT2D eigenvalue weighted by atomic mass is 9.96. The highest BCUT2D eigenvalue weighted by Gasteiger charge is 2.30. The molecule has 2 fully saturated rings. The van der Waals surface area contributed by atoms with E-state index in [2.05, 4.69) is 5.32 Å². The molecule has 6 nitrogen and oxygen atoms in total. The van der Waals surface area contributed by atoms with Crippen LogP contribution < -0.4 is 15.8 Å². The third kappa shape index (κ3) is 5.01. The Labute approximate surface area is 201 Å². The molecule has 0 spiro atoms. The van der Waals surface area contributed by atoms with Crippen molar-refractivity contribution in [2.75, 3.05) is 18.0 Å². The molecule has 0 radical (unpaired) electrons. The second-order valence-corrected chi connectivity index (χ2v) is 9.78. The number of piperidine rings is 1. The lowest BCUT2D eigenvalue weighted by Crippen LogP contribution is -2.47. The number of aromatic nitrogens is 2. The smallest absolute Gasteiger partial charge is 0.294 e. The Kier molecular flexibility index (Phi) is 6.93. The van der Waals surface area contributed by atoms with E-state index in [-0.39, 0.29) is 17.4 Å². The van der Waals surface area contributed by atoms with Gasteiger partial charge < -0.3 is 10.2 Å². The summed E-state index contributed by atoms with van der Waals surface area (Å²) in [5.74, 6) is 0.496. The number of amides is 1. The van der Waals surface area contributed by atoms with Crippen LogP contribution in [0.3, 0.4) is 0 Å². The highest BCUT2D eigenvalue weighted by molar-refractivity contribution is 5.80. The molecule has 0 bridgehead atoms. The summed E-state index contributed by atoms with van der Waals surface area (Å²) in [6.07, 6.45) is 8.85. The minimum Gasteiger partial charge on any atom is -0.353 e. The van der Waals surface area contributed by atoms with Gasteiger partial charge in [-0.05, 0) is 43.4 Å². The van der Waals surface area contributed by atoms with Crippen LogP contribution in [0, 0.1) is 5.92 Å². The third-order valence-corrected chi connectivity index (χ3v) is 7.31. The molecule has 1 aliphatic heterocycles. The highest BCUT2D eigenvalue weighted by Crippen LogP contribution is 2.24. The number of nitrogens with zero attached hydrogens (tertiary/aromatic N) is 3. The fourth-order valence-electron chi connectivity index (χ4n) is 5.43. The summed E-state index contributed by atoms with van der Waals surface area (Å²) in [6, 6.07) is 18.2. The summed E-state index contributed by atoms with van der Waals surface area (Å²) in [5.41, 5.74) is 2.62. The predicted octanol–water partition coefficient (Wildman–Crippen LogP) is 4.50. The van der Waals surface area contributed by atoms with Crippen LogP contribution in [0.15, 0.2) is 59.4 Å². The third-order valence-electron chi connectivity index (χ3n) is 7.31. The Bertz CT molecular complexity index is 1180. The van der Waals surface area contributed by atoms with Gasteiger partial charge in [0.15, 0.2) is 5.82 Å². The van der Waals surface area contributed by atoms with E-state index in [9.17, 15) is 9.59 Å². The number of hydrogen-bond donors (Lipinski definition) is 1. The van der Waals surface area contributed by atoms with Gasteiger partial charge in [-0.25, -0.2) is 4.98 Å². The first-order chi connectivity index (χ1) is 16.7. The predicted molar refractivity (Wildman–Crippen MR) is 136 cm³/mol. The van der Waals surface area contributed by atoms with E-state index in [1.54, 1.807) is 0 Å². The van der Waals surface area contributed by atoms with Crippen LogP contribution in [-0.2, 0) is 11.3 Å². The molecule has 2 aliphatic rings. The van der Waals surface area contributed by atoms with Crippen molar-refractivity contribution in [2.24, 2.45) is 5.92 Å². The number of rotatable bonds is 5. The van der Waals surface area contributed by atoms with E-state index in [0.717, 1.165) is 48.8 Å². The maximum atomic E-state index is 13.7. The van der Waals surface area contributed by atoms with Crippen molar-refractivity contribution in [3.8, 4) is 0 Å². The zero-order chi connectivity index (χ0) is 23.3. The zero-order valence-corrected chi connectivity index (χ0v) is 19.8. The number of carbonyl (C=O) groups is 1. The van der Waals surface area contributed by atoms with Gasteiger partial charge in [0.25, 0.3) is 5.56 Å². The molecule has 1 N–H and O–H groups in total. The highest BCUT2D eigenvalue weighted by atomic mass is 16.2. The molecule has 1 aliphatic carbocycles. The first-order valence-electron chi connectivity index (χ1n) is 12.8. The standard InChI is InChI=1S/C28H34N4O2/c33-27(29-23-14-6-1-2-7-15-23)22-13-10-18-31(20-22)26-28(34)32(19-21-11-4-3-5-12-21)25-17-9-8-16-24(25)30-26/h3-5,8-9,11-12,16-17,22-23H,1-2,6-7,10,13-15,18-20H2,(H,29,33)/t22-/m0/s1. The van der Waals surface area contributed by atoms with Crippen molar-refractivity contribution < 1.29 is 4.79 Å². The van der Waals surface area contributed by atoms with Gasteiger partial charge in [-0.3, -0.25) is 14.2 Å². The van der Waals surface area contributed by atoms with E-state index in [0.29, 0.717) is 24.9 Å². The van der Waals surface area contributed by atoms with Crippen molar-refractivity contribution in [3.05, 3.63) is 70.5 Å². The van der Waals surface area contributed by atoms with Gasteiger partial charge in [0.05, 0.1) is 23.5 Å². The number of hydrogen-bond acceptors (Lipinski definition) is 4. The monoisotopic (exact) mass is 458 g/mol. The van der Waals surface area contributed by atoms with E-state index < -0.39 is 0 Å². The average Bonchev–Trinajstić information content (AvgIpc) is 3.15. The molecule has 1 saturated carbocycles. The van der Waals surface area contributed by atoms with E-state index in [4.69, 9.17) is 4.98 Å². The maximum Gasteiger partial charge on any atom is 0.294 e. The van der Waals surface area contributed by atoms with Crippen molar-refractivity contribution in [1.82, 2.24) is 14.9 Å². The van der Waals surface area contributed by atoms with E-state index in [1.807, 2.05) is 64.1 Å². The Morgan fingerprint density at radius 1 is 0.912 bits per heavy atom. The second-order valence-electron chi connectivity index (χ2n) is 9.78. The van der Waals surface area contributed by atoms with Crippen LogP contribution in [0.1, 0.15) is 56.9 Å². The number of benzene rings is 2. The van der Waals surface area contributed by atoms with Gasteiger partial charge in [-0.1, -0.05) is 68.1 Å². The molecule has 1 aromatic heterocycles. The molecular weight excluding hydrogens is 424 g/mol. The first-order valence-corrected chi connectivity index (χ1v) is 12.8. The summed E-state index contributed by atoms with van der Waals surface area (Å²) < 4.78 is 1.82. The van der Waals surface area contributed by atoms with Gasteiger partial charge >= 0.3 is 0 Å². The summed E-state index contributed by atoms with van der Waals surface area (Å²) in [6.45, 7) is 1.79. The molecule has 1 saturated heterocycles. The topological polar surface area (TPSA) is 67.2 Å². The number of fused-ring (bicyclic) bond motifs is 1. The fourth-order valence-corrected chi connectivity index (χ4v) is 5.43. The molecule has 0 unspecified atom stereocenters. The molecule has 178 valence electrons. The first kappa shape index (κ1) is 22.6. The Balaban J connectivity index is 1.40. The van der Waals surface area contributed by atoms with Gasteiger partial charge in [-0.15, -0.1) is 0 Å². The minimum atomic E-state index is -0.104. The molecule has 2 aromatic carbocycles. The lowest BCUT2D eigenvalue weighted by molar-refractivity contribution is -0.126. The normalized spacial score (nSPS) is 19.6. The lowest BCUT2D eigenvalue weighted by Gasteiger charge is -2.33. The van der Waals surface area contributed by atoms with Gasteiger partial charge in [-0.2, -0.15) is 0 Å². The number of para-hydroxylation sites is 2. The van der Waals surface area contributed by atoms with Crippen LogP contribution in [0.5, 0.6) is 0 Å². The number of nitrogens with one attached hydrogen (secondary N) is 1. The number of anilines is 1. The van der Waals surface area contributed by atoms with E-state index in [1.165, 1.54) is 25.7 Å². The van der Waals surface area contributed by atoms with Crippen molar-refractivity contribution >= 4 is 22.8 Å². The average molecular weight is 459 g/mol. The molecule has 3 aromatic rings. The second kappa shape index (κ2) is 10.4. The van der Waals surface area contributed by atoms with Crippen molar-refractivity contribution in [2.45, 2.75) is 64.0 Å². The van der Waals surface area contributed by atoms with Gasteiger partial charge in [0, 0.05) is 19.1 Å². The summed E-state index contributed by atoms with van der Waals surface area (Å²) >= 11 is 0. The van der Waals surface area contributed by atoms with Crippen LogP contribution in [0.4, 0.5) is 5.82 Å². The van der Waals surface area contributed by atoms with Crippen LogP contribution in [0.2, 0.25) is 0 Å². The fraction of sp³-hybridized carbons (Fsp3) is 0.464. The van der Waals surface area contributed by atoms with Crippen LogP contribution in [-0.4, -0.2) is 34.6 Å². The Hall–Kier alpha value is -3.15. The molecule has 1 amide bonds. The largest absolute Gasteiger partial charge is 0.353 e. The summed E-state index contributed by atoms with van der Waals surface area (Å²) in [4.78, 5) is 33.6. The van der Waals surface area contributed by atoms with E-state index >= 15 is 0 Å². The summed E-state index contributed by atoms with van der Waals surface area (Å²) in [5, 5.41) is 3.32.